The van der Waals surface area contributed by atoms with Crippen molar-refractivity contribution in [2.24, 2.45) is 17.6 Å². The average Bonchev–Trinajstić information content (AvgIpc) is 2.21. The molecule has 98 valence electrons. The van der Waals surface area contributed by atoms with Gasteiger partial charge in [-0.05, 0) is 25.2 Å². The highest BCUT2D eigenvalue weighted by Crippen LogP contribution is 2.21. The van der Waals surface area contributed by atoms with Gasteiger partial charge in [0.05, 0.1) is 0 Å². The molecule has 0 aromatic heterocycles. The zero-order valence-corrected chi connectivity index (χ0v) is 12.0. The average molecular weight is 227 g/mol. The van der Waals surface area contributed by atoms with Crippen molar-refractivity contribution in [3.05, 3.63) is 0 Å². The standard InChI is InChI=1S/C15H33N/c1-5-6-7-8-9-10-11-12-15(13(2)3)14(4)16/h13-15H,5-12,16H2,1-4H3. The van der Waals surface area contributed by atoms with Gasteiger partial charge in [0.1, 0.15) is 0 Å². The van der Waals surface area contributed by atoms with Crippen molar-refractivity contribution in [3.63, 3.8) is 0 Å². The first-order valence-electron chi connectivity index (χ1n) is 7.35. The van der Waals surface area contributed by atoms with E-state index in [0.717, 1.165) is 11.8 Å². The van der Waals surface area contributed by atoms with Crippen molar-refractivity contribution in [1.29, 1.82) is 0 Å². The van der Waals surface area contributed by atoms with Crippen LogP contribution in [-0.4, -0.2) is 6.04 Å². The minimum atomic E-state index is 0.361. The molecule has 16 heavy (non-hydrogen) atoms. The van der Waals surface area contributed by atoms with Gasteiger partial charge in [-0.3, -0.25) is 0 Å². The van der Waals surface area contributed by atoms with Crippen LogP contribution in [0.3, 0.4) is 0 Å². The lowest BCUT2D eigenvalue weighted by Gasteiger charge is -2.24. The van der Waals surface area contributed by atoms with Crippen LogP contribution < -0.4 is 5.73 Å². The molecule has 0 fully saturated rings. The molecule has 0 heterocycles. The zero-order chi connectivity index (χ0) is 12.4. The minimum absolute atomic E-state index is 0.361. The molecule has 0 aliphatic carbocycles. The van der Waals surface area contributed by atoms with Crippen molar-refractivity contribution in [2.75, 3.05) is 0 Å². The van der Waals surface area contributed by atoms with Crippen LogP contribution in [0.25, 0.3) is 0 Å². The van der Waals surface area contributed by atoms with Crippen LogP contribution in [0, 0.1) is 11.8 Å². The Labute approximate surface area is 103 Å². The molecular weight excluding hydrogens is 194 g/mol. The summed E-state index contributed by atoms with van der Waals surface area (Å²) in [6.45, 7) is 9.03. The maximum Gasteiger partial charge on any atom is 0.00412 e. The summed E-state index contributed by atoms with van der Waals surface area (Å²) in [4.78, 5) is 0. The molecule has 0 spiro atoms. The van der Waals surface area contributed by atoms with E-state index in [2.05, 4.69) is 27.7 Å². The predicted molar refractivity (Wildman–Crippen MR) is 74.6 cm³/mol. The van der Waals surface area contributed by atoms with Gasteiger partial charge in [-0.25, -0.2) is 0 Å². The van der Waals surface area contributed by atoms with Crippen LogP contribution in [-0.2, 0) is 0 Å². The highest BCUT2D eigenvalue weighted by Gasteiger charge is 2.16. The van der Waals surface area contributed by atoms with E-state index in [1.807, 2.05) is 0 Å². The molecule has 0 bridgehead atoms. The van der Waals surface area contributed by atoms with Gasteiger partial charge in [-0.2, -0.15) is 0 Å². The summed E-state index contributed by atoms with van der Waals surface area (Å²) in [6, 6.07) is 0.361. The zero-order valence-electron chi connectivity index (χ0n) is 12.0. The Kier molecular flexibility index (Phi) is 10.1. The largest absolute Gasteiger partial charge is 0.328 e. The summed E-state index contributed by atoms with van der Waals surface area (Å²) in [5.74, 6) is 1.45. The third-order valence-electron chi connectivity index (χ3n) is 3.67. The molecule has 0 saturated heterocycles. The summed E-state index contributed by atoms with van der Waals surface area (Å²) >= 11 is 0. The van der Waals surface area contributed by atoms with Gasteiger partial charge < -0.3 is 5.73 Å². The molecular formula is C15H33N. The second-order valence-electron chi connectivity index (χ2n) is 5.68. The van der Waals surface area contributed by atoms with E-state index >= 15 is 0 Å². The molecule has 1 heteroatoms. The van der Waals surface area contributed by atoms with Gasteiger partial charge >= 0.3 is 0 Å². The van der Waals surface area contributed by atoms with Gasteiger partial charge in [-0.15, -0.1) is 0 Å². The maximum absolute atomic E-state index is 6.02. The summed E-state index contributed by atoms with van der Waals surface area (Å²) in [5.41, 5.74) is 6.02. The van der Waals surface area contributed by atoms with Crippen molar-refractivity contribution in [2.45, 2.75) is 85.1 Å². The quantitative estimate of drug-likeness (QED) is 0.536. The van der Waals surface area contributed by atoms with E-state index in [9.17, 15) is 0 Å². The van der Waals surface area contributed by atoms with E-state index < -0.39 is 0 Å². The van der Waals surface area contributed by atoms with E-state index in [1.165, 1.54) is 51.4 Å². The first-order chi connectivity index (χ1) is 7.59. The molecule has 0 aliphatic heterocycles. The molecule has 0 aromatic rings. The second-order valence-corrected chi connectivity index (χ2v) is 5.68. The Balaban J connectivity index is 3.41. The maximum atomic E-state index is 6.02. The van der Waals surface area contributed by atoms with E-state index in [-0.39, 0.29) is 0 Å². The molecule has 0 saturated carbocycles. The lowest BCUT2D eigenvalue weighted by Crippen LogP contribution is -2.30. The summed E-state index contributed by atoms with van der Waals surface area (Å²) in [5, 5.41) is 0. The Morgan fingerprint density at radius 3 is 1.75 bits per heavy atom. The molecule has 0 rings (SSSR count). The Hall–Kier alpha value is -0.0400. The summed E-state index contributed by atoms with van der Waals surface area (Å²) < 4.78 is 0. The van der Waals surface area contributed by atoms with Crippen LogP contribution in [0.1, 0.15) is 79.1 Å². The molecule has 2 N–H and O–H groups in total. The first kappa shape index (κ1) is 16.0. The third kappa shape index (κ3) is 8.15. The second kappa shape index (κ2) is 10.1. The Morgan fingerprint density at radius 2 is 1.31 bits per heavy atom. The molecule has 0 amide bonds. The van der Waals surface area contributed by atoms with Gasteiger partial charge in [0.2, 0.25) is 0 Å². The van der Waals surface area contributed by atoms with Crippen molar-refractivity contribution >= 4 is 0 Å². The summed E-state index contributed by atoms with van der Waals surface area (Å²) in [7, 11) is 0. The fourth-order valence-electron chi connectivity index (χ4n) is 2.54. The number of unbranched alkanes of at least 4 members (excludes halogenated alkanes) is 6. The lowest BCUT2D eigenvalue weighted by atomic mass is 9.85. The van der Waals surface area contributed by atoms with Crippen molar-refractivity contribution < 1.29 is 0 Å². The van der Waals surface area contributed by atoms with Crippen molar-refractivity contribution in [1.82, 2.24) is 0 Å². The normalized spacial score (nSPS) is 15.4. The van der Waals surface area contributed by atoms with E-state index in [1.54, 1.807) is 0 Å². The molecule has 0 radical (unpaired) electrons. The van der Waals surface area contributed by atoms with Gasteiger partial charge in [0.25, 0.3) is 0 Å². The fourth-order valence-corrected chi connectivity index (χ4v) is 2.54. The number of nitrogens with two attached hydrogens (primary N) is 1. The first-order valence-corrected chi connectivity index (χ1v) is 7.35. The van der Waals surface area contributed by atoms with Gasteiger partial charge in [0, 0.05) is 6.04 Å². The van der Waals surface area contributed by atoms with Gasteiger partial charge in [0.15, 0.2) is 0 Å². The van der Waals surface area contributed by atoms with Crippen molar-refractivity contribution in [3.8, 4) is 0 Å². The third-order valence-corrected chi connectivity index (χ3v) is 3.67. The van der Waals surface area contributed by atoms with Crippen LogP contribution in [0.15, 0.2) is 0 Å². The molecule has 0 aromatic carbocycles. The Morgan fingerprint density at radius 1 is 0.812 bits per heavy atom. The molecule has 0 aliphatic rings. The smallest absolute Gasteiger partial charge is 0.00412 e. The van der Waals surface area contributed by atoms with Crippen LogP contribution in [0.2, 0.25) is 0 Å². The van der Waals surface area contributed by atoms with E-state index in [0.29, 0.717) is 6.04 Å². The monoisotopic (exact) mass is 227 g/mol. The van der Waals surface area contributed by atoms with Crippen LogP contribution in [0.4, 0.5) is 0 Å². The van der Waals surface area contributed by atoms with Crippen LogP contribution in [0.5, 0.6) is 0 Å². The SMILES string of the molecule is CCCCCCCCCC(C(C)C)C(C)N. The fraction of sp³-hybridized carbons (Fsp3) is 1.00. The minimum Gasteiger partial charge on any atom is -0.328 e. The molecule has 2 atom stereocenters. The highest BCUT2D eigenvalue weighted by atomic mass is 14.6. The van der Waals surface area contributed by atoms with Gasteiger partial charge in [-0.1, -0.05) is 65.7 Å². The number of hydrogen-bond acceptors (Lipinski definition) is 1. The number of rotatable bonds is 10. The Bertz CT molecular complexity index is 132. The summed E-state index contributed by atoms with van der Waals surface area (Å²) in [6.07, 6.45) is 11.1. The topological polar surface area (TPSA) is 26.0 Å². The van der Waals surface area contributed by atoms with Crippen LogP contribution >= 0.6 is 0 Å². The highest BCUT2D eigenvalue weighted by molar-refractivity contribution is 4.71. The predicted octanol–water partition coefficient (Wildman–Crippen LogP) is 4.75. The lowest BCUT2D eigenvalue weighted by molar-refractivity contribution is 0.300. The van der Waals surface area contributed by atoms with E-state index in [4.69, 9.17) is 5.73 Å². The molecule has 2 unspecified atom stereocenters. The molecule has 1 nitrogen and oxygen atoms in total. The number of hydrogen-bond donors (Lipinski definition) is 1.